The van der Waals surface area contributed by atoms with E-state index >= 15 is 0 Å². The van der Waals surface area contributed by atoms with Crippen molar-refractivity contribution in [1.29, 1.82) is 0 Å². The Balaban J connectivity index is 2.22. The number of aryl methyl sites for hydroxylation is 1. The fraction of sp³-hybridized carbons (Fsp3) is 0.154. The monoisotopic (exact) mass is 372 g/mol. The number of nitrogens with zero attached hydrogens (tertiary/aromatic N) is 2. The van der Waals surface area contributed by atoms with Gasteiger partial charge >= 0.3 is 5.97 Å². The minimum Gasteiger partial charge on any atom is -0.478 e. The van der Waals surface area contributed by atoms with E-state index in [9.17, 15) is 4.79 Å². The molecule has 0 saturated heterocycles. The number of benzene rings is 1. The van der Waals surface area contributed by atoms with Crippen molar-refractivity contribution in [3.63, 3.8) is 0 Å². The summed E-state index contributed by atoms with van der Waals surface area (Å²) in [4.78, 5) is 20.2. The largest absolute Gasteiger partial charge is 0.478 e. The molecule has 0 amide bonds. The highest BCUT2D eigenvalue weighted by Gasteiger charge is 2.12. The second-order valence-corrected chi connectivity index (χ2v) is 6.30. The van der Waals surface area contributed by atoms with Crippen LogP contribution < -0.4 is 0 Å². The van der Waals surface area contributed by atoms with Crippen LogP contribution in [0.3, 0.4) is 0 Å². The Morgan fingerprint density at radius 3 is 2.80 bits per heavy atom. The molecule has 2 rings (SSSR count). The predicted molar refractivity (Wildman–Crippen MR) is 82.4 cm³/mol. The van der Waals surface area contributed by atoms with E-state index in [-0.39, 0.29) is 5.56 Å². The number of carbonyl (C=O) groups is 1. The molecule has 20 heavy (non-hydrogen) atoms. The molecule has 0 atom stereocenters. The van der Waals surface area contributed by atoms with E-state index in [0.29, 0.717) is 21.6 Å². The Hall–Kier alpha value is -1.11. The Morgan fingerprint density at radius 1 is 1.40 bits per heavy atom. The number of hydrogen-bond acceptors (Lipinski definition) is 4. The van der Waals surface area contributed by atoms with Crippen molar-refractivity contribution < 1.29 is 9.90 Å². The van der Waals surface area contributed by atoms with Gasteiger partial charge in [-0.3, -0.25) is 0 Å². The lowest BCUT2D eigenvalue weighted by atomic mass is 10.2. The Kier molecular flexibility index (Phi) is 5.01. The summed E-state index contributed by atoms with van der Waals surface area (Å²) in [6.45, 7) is 1.84. The molecule has 104 valence electrons. The molecule has 0 bridgehead atoms. The summed E-state index contributed by atoms with van der Waals surface area (Å²) in [5, 5.41) is 9.55. The SMILES string of the molecule is Cc1cc(Cl)nc(CSc2cc(Br)ccc2C(=O)O)n1. The molecular weight excluding hydrogens is 364 g/mol. The maximum Gasteiger partial charge on any atom is 0.336 e. The number of hydrogen-bond donors (Lipinski definition) is 1. The van der Waals surface area contributed by atoms with Crippen LogP contribution in [0.15, 0.2) is 33.6 Å². The average molecular weight is 374 g/mol. The van der Waals surface area contributed by atoms with E-state index in [1.54, 1.807) is 24.3 Å². The molecule has 1 aromatic carbocycles. The van der Waals surface area contributed by atoms with E-state index in [1.807, 2.05) is 6.92 Å². The molecule has 0 aliphatic heterocycles. The molecule has 0 spiro atoms. The normalized spacial score (nSPS) is 10.6. The van der Waals surface area contributed by atoms with Gasteiger partial charge in [0.05, 0.1) is 11.3 Å². The van der Waals surface area contributed by atoms with Gasteiger partial charge in [-0.05, 0) is 31.2 Å². The van der Waals surface area contributed by atoms with Crippen molar-refractivity contribution in [2.75, 3.05) is 0 Å². The van der Waals surface area contributed by atoms with Crippen molar-refractivity contribution >= 4 is 45.3 Å². The van der Waals surface area contributed by atoms with Crippen molar-refractivity contribution in [3.05, 3.63) is 51.0 Å². The van der Waals surface area contributed by atoms with Crippen LogP contribution in [-0.2, 0) is 5.75 Å². The van der Waals surface area contributed by atoms with Gasteiger partial charge in [0, 0.05) is 15.1 Å². The lowest BCUT2D eigenvalue weighted by Gasteiger charge is -2.06. The summed E-state index contributed by atoms with van der Waals surface area (Å²) in [5.74, 6) is 0.0810. The predicted octanol–water partition coefficient (Wildman–Crippen LogP) is 4.19. The first kappa shape index (κ1) is 15.3. The summed E-state index contributed by atoms with van der Waals surface area (Å²) in [6, 6.07) is 6.72. The second kappa shape index (κ2) is 6.56. The molecule has 2 aromatic rings. The molecule has 7 heteroatoms. The zero-order valence-electron chi connectivity index (χ0n) is 10.4. The summed E-state index contributed by atoms with van der Waals surface area (Å²) in [6.07, 6.45) is 0. The zero-order valence-corrected chi connectivity index (χ0v) is 13.6. The third-order valence-electron chi connectivity index (χ3n) is 2.40. The highest BCUT2D eigenvalue weighted by molar-refractivity contribution is 9.10. The highest BCUT2D eigenvalue weighted by atomic mass is 79.9. The van der Waals surface area contributed by atoms with Gasteiger partial charge in [-0.25, -0.2) is 14.8 Å². The first-order valence-corrected chi connectivity index (χ1v) is 7.77. The van der Waals surface area contributed by atoms with Crippen LogP contribution in [0.5, 0.6) is 0 Å². The van der Waals surface area contributed by atoms with Gasteiger partial charge < -0.3 is 5.11 Å². The fourth-order valence-electron chi connectivity index (χ4n) is 1.59. The van der Waals surface area contributed by atoms with Crippen LogP contribution in [0.25, 0.3) is 0 Å². The molecule has 1 aromatic heterocycles. The summed E-state index contributed by atoms with van der Waals surface area (Å²) in [5.41, 5.74) is 1.05. The van der Waals surface area contributed by atoms with Crippen LogP contribution >= 0.6 is 39.3 Å². The van der Waals surface area contributed by atoms with Crippen LogP contribution in [-0.4, -0.2) is 21.0 Å². The molecular formula is C13H10BrClN2O2S. The average Bonchev–Trinajstić information content (AvgIpc) is 2.35. The minimum absolute atomic E-state index is 0.261. The number of aromatic nitrogens is 2. The van der Waals surface area contributed by atoms with Crippen molar-refractivity contribution in [2.45, 2.75) is 17.6 Å². The third-order valence-corrected chi connectivity index (χ3v) is 4.14. The van der Waals surface area contributed by atoms with E-state index in [2.05, 4.69) is 25.9 Å². The van der Waals surface area contributed by atoms with Gasteiger partial charge in [0.1, 0.15) is 11.0 Å². The maximum atomic E-state index is 11.2. The van der Waals surface area contributed by atoms with Crippen molar-refractivity contribution in [3.8, 4) is 0 Å². The Labute approximate surface area is 133 Å². The number of aromatic carboxylic acids is 1. The van der Waals surface area contributed by atoms with E-state index in [1.165, 1.54) is 11.8 Å². The smallest absolute Gasteiger partial charge is 0.336 e. The molecule has 0 fully saturated rings. The van der Waals surface area contributed by atoms with Crippen LogP contribution in [0.2, 0.25) is 5.15 Å². The number of carboxylic acids is 1. The molecule has 0 saturated carbocycles. The zero-order chi connectivity index (χ0) is 14.7. The van der Waals surface area contributed by atoms with Crippen LogP contribution in [0.1, 0.15) is 21.9 Å². The molecule has 0 radical (unpaired) electrons. The Morgan fingerprint density at radius 2 is 2.15 bits per heavy atom. The van der Waals surface area contributed by atoms with Crippen LogP contribution in [0, 0.1) is 6.92 Å². The molecule has 4 nitrogen and oxygen atoms in total. The van der Waals surface area contributed by atoms with E-state index in [0.717, 1.165) is 10.2 Å². The van der Waals surface area contributed by atoms with Crippen LogP contribution in [0.4, 0.5) is 0 Å². The molecule has 1 heterocycles. The van der Waals surface area contributed by atoms with Gasteiger partial charge in [-0.1, -0.05) is 27.5 Å². The number of halogens is 2. The maximum absolute atomic E-state index is 11.2. The van der Waals surface area contributed by atoms with E-state index in [4.69, 9.17) is 16.7 Å². The molecule has 0 aliphatic carbocycles. The third kappa shape index (κ3) is 3.94. The van der Waals surface area contributed by atoms with Gasteiger partial charge in [0.2, 0.25) is 0 Å². The van der Waals surface area contributed by atoms with Gasteiger partial charge in [0.15, 0.2) is 0 Å². The van der Waals surface area contributed by atoms with Crippen molar-refractivity contribution in [1.82, 2.24) is 9.97 Å². The molecule has 0 unspecified atom stereocenters. The summed E-state index contributed by atoms with van der Waals surface area (Å²) in [7, 11) is 0. The Bertz CT molecular complexity index is 647. The second-order valence-electron chi connectivity index (χ2n) is 3.98. The summed E-state index contributed by atoms with van der Waals surface area (Å²) < 4.78 is 0.827. The number of rotatable bonds is 4. The number of carboxylic acid groups (broad SMARTS) is 1. The van der Waals surface area contributed by atoms with E-state index < -0.39 is 5.97 Å². The van der Waals surface area contributed by atoms with Crippen molar-refractivity contribution in [2.24, 2.45) is 0 Å². The first-order valence-electron chi connectivity index (χ1n) is 5.61. The first-order chi connectivity index (χ1) is 9.45. The van der Waals surface area contributed by atoms with Gasteiger partial charge in [-0.2, -0.15) is 0 Å². The highest BCUT2D eigenvalue weighted by Crippen LogP contribution is 2.28. The lowest BCUT2D eigenvalue weighted by Crippen LogP contribution is -2.00. The van der Waals surface area contributed by atoms with Gasteiger partial charge in [0.25, 0.3) is 0 Å². The molecule has 1 N–H and O–H groups in total. The number of thioether (sulfide) groups is 1. The standard InChI is InChI=1S/C13H10BrClN2O2S/c1-7-4-11(15)17-12(16-7)6-20-10-5-8(14)2-3-9(10)13(18)19/h2-5H,6H2,1H3,(H,18,19). The molecule has 0 aliphatic rings. The lowest BCUT2D eigenvalue weighted by molar-refractivity contribution is 0.0693. The fourth-order valence-corrected chi connectivity index (χ4v) is 3.29. The topological polar surface area (TPSA) is 63.1 Å². The quantitative estimate of drug-likeness (QED) is 0.643. The van der Waals surface area contributed by atoms with Gasteiger partial charge in [-0.15, -0.1) is 11.8 Å². The minimum atomic E-state index is -0.955. The summed E-state index contributed by atoms with van der Waals surface area (Å²) >= 11 is 10.6.